The van der Waals surface area contributed by atoms with Crippen LogP contribution in [0.1, 0.15) is 33.1 Å². The highest BCUT2D eigenvalue weighted by Gasteiger charge is 2.41. The summed E-state index contributed by atoms with van der Waals surface area (Å²) in [7, 11) is 0. The van der Waals surface area contributed by atoms with Gasteiger partial charge in [0, 0.05) is 25.7 Å². The van der Waals surface area contributed by atoms with Crippen LogP contribution in [0.2, 0.25) is 0 Å². The van der Waals surface area contributed by atoms with Crippen LogP contribution < -0.4 is 10.1 Å². The highest BCUT2D eigenvalue weighted by Crippen LogP contribution is 2.30. The zero-order valence-electron chi connectivity index (χ0n) is 15.0. The zero-order valence-corrected chi connectivity index (χ0v) is 15.0. The number of fused-ring (bicyclic) bond motifs is 4. The average Bonchev–Trinajstić information content (AvgIpc) is 2.90. The molecule has 1 aromatic carbocycles. The maximum absolute atomic E-state index is 12.8. The smallest absolute Gasteiger partial charge is 0.322 e. The van der Waals surface area contributed by atoms with Gasteiger partial charge in [0.25, 0.3) is 0 Å². The lowest BCUT2D eigenvalue weighted by atomic mass is 9.94. The van der Waals surface area contributed by atoms with Gasteiger partial charge >= 0.3 is 6.03 Å². The van der Waals surface area contributed by atoms with Crippen LogP contribution in [0.25, 0.3) is 0 Å². The minimum Gasteiger partial charge on any atom is -0.492 e. The number of rotatable bonds is 5. The van der Waals surface area contributed by atoms with E-state index in [1.165, 1.54) is 0 Å². The van der Waals surface area contributed by atoms with Crippen molar-refractivity contribution in [1.82, 2.24) is 9.80 Å². The summed E-state index contributed by atoms with van der Waals surface area (Å²) >= 11 is 0. The molecule has 3 aliphatic heterocycles. The molecule has 0 aliphatic carbocycles. The molecule has 3 amide bonds. The molecule has 0 unspecified atom stereocenters. The second kappa shape index (κ2) is 7.76. The van der Waals surface area contributed by atoms with Crippen LogP contribution in [0.15, 0.2) is 24.3 Å². The number of ether oxygens (including phenoxy) is 1. The normalized spacial score (nSPS) is 22.7. The first kappa shape index (κ1) is 17.6. The first-order chi connectivity index (χ1) is 12.1. The molecule has 0 saturated carbocycles. The SMILES string of the molecule is CCCN1C(=O)[C@@H]2CC[C@H]1CN(C(=O)Nc1ccccc1OCC)C2. The second-order valence-corrected chi connectivity index (χ2v) is 6.72. The van der Waals surface area contributed by atoms with Gasteiger partial charge in [-0.25, -0.2) is 4.79 Å². The average molecular weight is 345 g/mol. The van der Waals surface area contributed by atoms with Crippen molar-refractivity contribution in [1.29, 1.82) is 0 Å². The Morgan fingerprint density at radius 2 is 2.04 bits per heavy atom. The first-order valence-corrected chi connectivity index (χ1v) is 9.22. The maximum atomic E-state index is 12.8. The van der Waals surface area contributed by atoms with Crippen molar-refractivity contribution in [2.24, 2.45) is 5.92 Å². The van der Waals surface area contributed by atoms with E-state index in [1.807, 2.05) is 36.1 Å². The Hall–Kier alpha value is -2.24. The summed E-state index contributed by atoms with van der Waals surface area (Å²) in [6, 6.07) is 7.42. The molecule has 25 heavy (non-hydrogen) atoms. The predicted molar refractivity (Wildman–Crippen MR) is 96.7 cm³/mol. The van der Waals surface area contributed by atoms with E-state index in [0.717, 1.165) is 25.8 Å². The number of hydrogen-bond donors (Lipinski definition) is 1. The number of carbonyl (C=O) groups is 2. The number of urea groups is 1. The molecule has 136 valence electrons. The molecule has 3 saturated heterocycles. The summed E-state index contributed by atoms with van der Waals surface area (Å²) in [6.45, 7) is 6.42. The van der Waals surface area contributed by atoms with E-state index in [9.17, 15) is 9.59 Å². The molecular weight excluding hydrogens is 318 g/mol. The Morgan fingerprint density at radius 3 is 2.80 bits per heavy atom. The third kappa shape index (κ3) is 3.72. The minimum atomic E-state index is -0.157. The van der Waals surface area contributed by atoms with Crippen molar-refractivity contribution in [2.75, 3.05) is 31.6 Å². The van der Waals surface area contributed by atoms with Crippen molar-refractivity contribution in [3.63, 3.8) is 0 Å². The molecule has 3 aliphatic rings. The first-order valence-electron chi connectivity index (χ1n) is 9.22. The molecule has 3 heterocycles. The lowest BCUT2D eigenvalue weighted by Gasteiger charge is -2.35. The lowest BCUT2D eigenvalue weighted by molar-refractivity contribution is -0.139. The summed E-state index contributed by atoms with van der Waals surface area (Å²) in [5.74, 6) is 0.807. The Labute approximate surface area is 149 Å². The maximum Gasteiger partial charge on any atom is 0.322 e. The summed E-state index contributed by atoms with van der Waals surface area (Å²) in [5.41, 5.74) is 0.669. The number of anilines is 1. The molecule has 1 N–H and O–H groups in total. The summed E-state index contributed by atoms with van der Waals surface area (Å²) in [4.78, 5) is 29.2. The van der Waals surface area contributed by atoms with Gasteiger partial charge in [-0.15, -0.1) is 0 Å². The largest absolute Gasteiger partial charge is 0.492 e. The van der Waals surface area contributed by atoms with E-state index in [-0.39, 0.29) is 23.9 Å². The van der Waals surface area contributed by atoms with Gasteiger partial charge in [-0.2, -0.15) is 0 Å². The number of para-hydroxylation sites is 2. The Kier molecular flexibility index (Phi) is 5.46. The van der Waals surface area contributed by atoms with Crippen LogP contribution in [0.4, 0.5) is 10.5 Å². The van der Waals surface area contributed by atoms with Gasteiger partial charge in [-0.3, -0.25) is 4.79 Å². The summed E-state index contributed by atoms with van der Waals surface area (Å²) in [6.07, 6.45) is 2.81. The monoisotopic (exact) mass is 345 g/mol. The molecule has 6 nitrogen and oxygen atoms in total. The van der Waals surface area contributed by atoms with Gasteiger partial charge < -0.3 is 19.9 Å². The molecule has 2 bridgehead atoms. The number of carbonyl (C=O) groups excluding carboxylic acids is 2. The van der Waals surface area contributed by atoms with Crippen molar-refractivity contribution in [2.45, 2.75) is 39.2 Å². The van der Waals surface area contributed by atoms with Crippen molar-refractivity contribution in [3.05, 3.63) is 24.3 Å². The molecule has 0 aromatic heterocycles. The lowest BCUT2D eigenvalue weighted by Crippen LogP contribution is -2.48. The molecule has 6 heteroatoms. The van der Waals surface area contributed by atoms with E-state index in [0.29, 0.717) is 31.1 Å². The van der Waals surface area contributed by atoms with Gasteiger partial charge in [0.1, 0.15) is 5.75 Å². The Balaban J connectivity index is 1.72. The summed E-state index contributed by atoms with van der Waals surface area (Å²) in [5, 5.41) is 2.96. The topological polar surface area (TPSA) is 61.9 Å². The number of nitrogens with zero attached hydrogens (tertiary/aromatic N) is 2. The van der Waals surface area contributed by atoms with Crippen LogP contribution in [0.5, 0.6) is 5.75 Å². The molecule has 3 fully saturated rings. The van der Waals surface area contributed by atoms with E-state index in [1.54, 1.807) is 4.90 Å². The standard InChI is InChI=1S/C19H27N3O3/c1-3-11-22-15-10-9-14(18(22)23)12-21(13-15)19(24)20-16-7-5-6-8-17(16)25-4-2/h5-8,14-15H,3-4,9-13H2,1-2H3,(H,20,24)/t14-,15+/m1/s1. The highest BCUT2D eigenvalue weighted by molar-refractivity contribution is 5.92. The number of amides is 3. The molecule has 4 rings (SSSR count). The van der Waals surface area contributed by atoms with E-state index < -0.39 is 0 Å². The van der Waals surface area contributed by atoms with Crippen LogP contribution in [0, 0.1) is 5.92 Å². The van der Waals surface area contributed by atoms with Crippen LogP contribution >= 0.6 is 0 Å². The quantitative estimate of drug-likeness (QED) is 0.892. The molecule has 0 radical (unpaired) electrons. The third-order valence-corrected chi connectivity index (χ3v) is 4.97. The molecule has 0 spiro atoms. The van der Waals surface area contributed by atoms with Crippen molar-refractivity contribution in [3.8, 4) is 5.75 Å². The number of benzene rings is 1. The van der Waals surface area contributed by atoms with Crippen LogP contribution in [0.3, 0.4) is 0 Å². The summed E-state index contributed by atoms with van der Waals surface area (Å²) < 4.78 is 5.57. The van der Waals surface area contributed by atoms with Gasteiger partial charge in [0.2, 0.25) is 5.91 Å². The van der Waals surface area contributed by atoms with Crippen molar-refractivity contribution >= 4 is 17.6 Å². The number of nitrogens with one attached hydrogen (secondary N) is 1. The van der Waals surface area contributed by atoms with Crippen LogP contribution in [-0.2, 0) is 4.79 Å². The third-order valence-electron chi connectivity index (χ3n) is 4.97. The van der Waals surface area contributed by atoms with Gasteiger partial charge in [0.05, 0.1) is 18.2 Å². The van der Waals surface area contributed by atoms with Crippen molar-refractivity contribution < 1.29 is 14.3 Å². The fraction of sp³-hybridized carbons (Fsp3) is 0.579. The second-order valence-electron chi connectivity index (χ2n) is 6.72. The van der Waals surface area contributed by atoms with Gasteiger partial charge in [-0.05, 0) is 38.3 Å². The van der Waals surface area contributed by atoms with Gasteiger partial charge in [0.15, 0.2) is 0 Å². The number of hydrogen-bond acceptors (Lipinski definition) is 3. The van der Waals surface area contributed by atoms with E-state index in [4.69, 9.17) is 4.74 Å². The molecule has 1 aromatic rings. The van der Waals surface area contributed by atoms with Crippen LogP contribution in [-0.4, -0.2) is 54.0 Å². The zero-order chi connectivity index (χ0) is 17.8. The Morgan fingerprint density at radius 1 is 1.24 bits per heavy atom. The fourth-order valence-electron chi connectivity index (χ4n) is 3.79. The predicted octanol–water partition coefficient (Wildman–Crippen LogP) is 2.95. The number of piperidine rings is 1. The Bertz CT molecular complexity index is 634. The fourth-order valence-corrected chi connectivity index (χ4v) is 3.79. The van der Waals surface area contributed by atoms with E-state index >= 15 is 0 Å². The molecule has 2 atom stereocenters. The van der Waals surface area contributed by atoms with Gasteiger partial charge in [-0.1, -0.05) is 19.1 Å². The highest BCUT2D eigenvalue weighted by atomic mass is 16.5. The minimum absolute atomic E-state index is 0.0711. The molecular formula is C19H27N3O3. The van der Waals surface area contributed by atoms with E-state index in [2.05, 4.69) is 12.2 Å².